The average Bonchev–Trinajstić information content (AvgIpc) is 2.99. The first-order valence-corrected chi connectivity index (χ1v) is 9.04. The lowest BCUT2D eigenvalue weighted by Crippen LogP contribution is -2.50. The second kappa shape index (κ2) is 8.32. The van der Waals surface area contributed by atoms with Crippen LogP contribution in [-0.2, 0) is 16.0 Å². The summed E-state index contributed by atoms with van der Waals surface area (Å²) >= 11 is 1.57. The van der Waals surface area contributed by atoms with Crippen molar-refractivity contribution in [1.82, 2.24) is 10.2 Å². The summed E-state index contributed by atoms with van der Waals surface area (Å²) in [4.78, 5) is 27.9. The SMILES string of the molecule is CC(C)C[C@H](NC(=O)Cc1cccs1)C(=O)N1CCCCC1. The Balaban J connectivity index is 1.95. The minimum atomic E-state index is -0.384. The number of carbonyl (C=O) groups excluding carboxylic acids is 2. The lowest BCUT2D eigenvalue weighted by atomic mass is 10.0. The minimum absolute atomic E-state index is 0.0570. The van der Waals surface area contributed by atoms with E-state index in [0.29, 0.717) is 18.8 Å². The summed E-state index contributed by atoms with van der Waals surface area (Å²) < 4.78 is 0. The molecule has 2 heterocycles. The average molecular weight is 322 g/mol. The van der Waals surface area contributed by atoms with E-state index in [-0.39, 0.29) is 17.9 Å². The molecule has 0 spiro atoms. The van der Waals surface area contributed by atoms with E-state index >= 15 is 0 Å². The van der Waals surface area contributed by atoms with Gasteiger partial charge in [-0.05, 0) is 43.0 Å². The van der Waals surface area contributed by atoms with E-state index in [1.54, 1.807) is 11.3 Å². The van der Waals surface area contributed by atoms with Gasteiger partial charge in [0.2, 0.25) is 11.8 Å². The van der Waals surface area contributed by atoms with Gasteiger partial charge in [-0.15, -0.1) is 11.3 Å². The van der Waals surface area contributed by atoms with Gasteiger partial charge in [0.05, 0.1) is 6.42 Å². The van der Waals surface area contributed by atoms with Gasteiger partial charge in [0.25, 0.3) is 0 Å². The Morgan fingerprint density at radius 3 is 2.59 bits per heavy atom. The van der Waals surface area contributed by atoms with Crippen molar-refractivity contribution in [2.24, 2.45) is 5.92 Å². The van der Waals surface area contributed by atoms with Crippen molar-refractivity contribution in [3.63, 3.8) is 0 Å². The highest BCUT2D eigenvalue weighted by molar-refractivity contribution is 7.10. The Bertz CT molecular complexity index is 479. The molecule has 0 aliphatic carbocycles. The molecule has 4 nitrogen and oxygen atoms in total. The van der Waals surface area contributed by atoms with Crippen molar-refractivity contribution < 1.29 is 9.59 Å². The molecule has 122 valence electrons. The highest BCUT2D eigenvalue weighted by atomic mass is 32.1. The fourth-order valence-corrected chi connectivity index (χ4v) is 3.55. The molecule has 1 aromatic heterocycles. The van der Waals surface area contributed by atoms with Crippen LogP contribution in [0.3, 0.4) is 0 Å². The first kappa shape index (κ1) is 17.0. The predicted molar refractivity (Wildman–Crippen MR) is 89.8 cm³/mol. The second-order valence-electron chi connectivity index (χ2n) is 6.39. The second-order valence-corrected chi connectivity index (χ2v) is 7.42. The number of thiophene rings is 1. The number of likely N-dealkylation sites (tertiary alicyclic amines) is 1. The molecule has 2 amide bonds. The minimum Gasteiger partial charge on any atom is -0.344 e. The van der Waals surface area contributed by atoms with E-state index < -0.39 is 0 Å². The van der Waals surface area contributed by atoms with Crippen LogP contribution in [-0.4, -0.2) is 35.8 Å². The summed E-state index contributed by atoms with van der Waals surface area (Å²) in [6, 6.07) is 3.51. The Morgan fingerprint density at radius 1 is 1.27 bits per heavy atom. The fourth-order valence-electron chi connectivity index (χ4n) is 2.84. The van der Waals surface area contributed by atoms with Crippen LogP contribution in [0.15, 0.2) is 17.5 Å². The molecule has 0 bridgehead atoms. The monoisotopic (exact) mass is 322 g/mol. The summed E-state index contributed by atoms with van der Waals surface area (Å²) in [7, 11) is 0. The van der Waals surface area contributed by atoms with Crippen LogP contribution in [0.5, 0.6) is 0 Å². The Labute approximate surface area is 136 Å². The topological polar surface area (TPSA) is 49.4 Å². The van der Waals surface area contributed by atoms with E-state index in [9.17, 15) is 9.59 Å². The van der Waals surface area contributed by atoms with Crippen molar-refractivity contribution >= 4 is 23.2 Å². The van der Waals surface area contributed by atoms with Crippen molar-refractivity contribution in [1.29, 1.82) is 0 Å². The number of hydrogen-bond acceptors (Lipinski definition) is 3. The van der Waals surface area contributed by atoms with E-state index in [1.165, 1.54) is 6.42 Å². The molecule has 0 saturated carbocycles. The van der Waals surface area contributed by atoms with E-state index in [0.717, 1.165) is 30.8 Å². The zero-order valence-electron chi connectivity index (χ0n) is 13.5. The summed E-state index contributed by atoms with van der Waals surface area (Å²) in [5, 5.41) is 4.93. The van der Waals surface area contributed by atoms with Gasteiger partial charge >= 0.3 is 0 Å². The van der Waals surface area contributed by atoms with Gasteiger partial charge in [-0.25, -0.2) is 0 Å². The largest absolute Gasteiger partial charge is 0.344 e. The van der Waals surface area contributed by atoms with Crippen molar-refractivity contribution in [2.75, 3.05) is 13.1 Å². The van der Waals surface area contributed by atoms with Gasteiger partial charge in [0.15, 0.2) is 0 Å². The van der Waals surface area contributed by atoms with Gasteiger partial charge in [-0.3, -0.25) is 9.59 Å². The highest BCUT2D eigenvalue weighted by Gasteiger charge is 2.27. The standard InChI is InChI=1S/C17H26N2O2S/c1-13(2)11-15(17(21)19-8-4-3-5-9-19)18-16(20)12-14-7-6-10-22-14/h6-7,10,13,15H,3-5,8-9,11-12H2,1-2H3,(H,18,20)/t15-/m0/s1. The Morgan fingerprint density at radius 2 is 2.00 bits per heavy atom. The lowest BCUT2D eigenvalue weighted by Gasteiger charge is -2.31. The normalized spacial score (nSPS) is 16.6. The van der Waals surface area contributed by atoms with E-state index in [1.807, 2.05) is 22.4 Å². The number of piperidine rings is 1. The number of amides is 2. The third-order valence-electron chi connectivity index (χ3n) is 3.92. The van der Waals surface area contributed by atoms with Gasteiger partial charge in [0, 0.05) is 18.0 Å². The molecule has 1 fully saturated rings. The van der Waals surface area contributed by atoms with E-state index in [2.05, 4.69) is 19.2 Å². The van der Waals surface area contributed by atoms with Gasteiger partial charge < -0.3 is 10.2 Å². The molecule has 0 radical (unpaired) electrons. The smallest absolute Gasteiger partial charge is 0.245 e. The molecule has 22 heavy (non-hydrogen) atoms. The predicted octanol–water partition coefficient (Wildman–Crippen LogP) is 2.83. The molecular weight excluding hydrogens is 296 g/mol. The first-order valence-electron chi connectivity index (χ1n) is 8.17. The van der Waals surface area contributed by atoms with Gasteiger partial charge in [-0.2, -0.15) is 0 Å². The van der Waals surface area contributed by atoms with Crippen molar-refractivity contribution in [3.8, 4) is 0 Å². The molecule has 2 rings (SSSR count). The summed E-state index contributed by atoms with van der Waals surface area (Å²) in [6.07, 6.45) is 4.40. The van der Waals surface area contributed by atoms with Gasteiger partial charge in [0.1, 0.15) is 6.04 Å². The van der Waals surface area contributed by atoms with Crippen LogP contribution in [0.2, 0.25) is 0 Å². The summed E-state index contributed by atoms with van der Waals surface area (Å²) in [6.45, 7) is 5.83. The molecule has 5 heteroatoms. The summed E-state index contributed by atoms with van der Waals surface area (Å²) in [5.41, 5.74) is 0. The lowest BCUT2D eigenvalue weighted by molar-refractivity contribution is -0.137. The number of rotatable bonds is 6. The highest BCUT2D eigenvalue weighted by Crippen LogP contribution is 2.14. The number of carbonyl (C=O) groups is 2. The third kappa shape index (κ3) is 5.13. The third-order valence-corrected chi connectivity index (χ3v) is 4.80. The number of hydrogen-bond donors (Lipinski definition) is 1. The molecule has 1 aliphatic heterocycles. The molecule has 1 aromatic rings. The van der Waals surface area contributed by atoms with Crippen LogP contribution in [0.25, 0.3) is 0 Å². The van der Waals surface area contributed by atoms with Gasteiger partial charge in [-0.1, -0.05) is 19.9 Å². The van der Waals surface area contributed by atoms with Crippen LogP contribution in [0, 0.1) is 5.92 Å². The Kier molecular flexibility index (Phi) is 6.43. The molecule has 1 aliphatic rings. The number of nitrogens with zero attached hydrogens (tertiary/aromatic N) is 1. The number of nitrogens with one attached hydrogen (secondary N) is 1. The van der Waals surface area contributed by atoms with Crippen LogP contribution in [0.4, 0.5) is 0 Å². The van der Waals surface area contributed by atoms with Crippen LogP contribution in [0.1, 0.15) is 44.4 Å². The maximum atomic E-state index is 12.7. The quantitative estimate of drug-likeness (QED) is 0.875. The summed E-state index contributed by atoms with van der Waals surface area (Å²) in [5.74, 6) is 0.409. The Hall–Kier alpha value is -1.36. The maximum absolute atomic E-state index is 12.7. The first-order chi connectivity index (χ1) is 10.6. The molecule has 0 unspecified atom stereocenters. The molecule has 1 saturated heterocycles. The molecule has 1 N–H and O–H groups in total. The van der Waals surface area contributed by atoms with Crippen LogP contribution < -0.4 is 5.32 Å². The zero-order chi connectivity index (χ0) is 15.9. The van der Waals surface area contributed by atoms with Crippen molar-refractivity contribution in [3.05, 3.63) is 22.4 Å². The zero-order valence-corrected chi connectivity index (χ0v) is 14.3. The molecule has 0 aromatic carbocycles. The maximum Gasteiger partial charge on any atom is 0.245 e. The molecule has 1 atom stereocenters. The fraction of sp³-hybridized carbons (Fsp3) is 0.647. The van der Waals surface area contributed by atoms with E-state index in [4.69, 9.17) is 0 Å². The van der Waals surface area contributed by atoms with Crippen molar-refractivity contribution in [2.45, 2.75) is 52.0 Å². The molecular formula is C17H26N2O2S. The van der Waals surface area contributed by atoms with Crippen LogP contribution >= 0.6 is 11.3 Å².